The summed E-state index contributed by atoms with van der Waals surface area (Å²) >= 11 is 0. The predicted molar refractivity (Wildman–Crippen MR) is 61.2 cm³/mol. The molecule has 0 aliphatic heterocycles. The summed E-state index contributed by atoms with van der Waals surface area (Å²) < 4.78 is 2.18. The number of hydrogen-bond acceptors (Lipinski definition) is 2. The van der Waals surface area contributed by atoms with Crippen molar-refractivity contribution in [2.45, 2.75) is 39.5 Å². The highest BCUT2D eigenvalue weighted by molar-refractivity contribution is 5.41. The second-order valence-electron chi connectivity index (χ2n) is 4.51. The third-order valence-electron chi connectivity index (χ3n) is 2.59. The van der Waals surface area contributed by atoms with Gasteiger partial charge in [0.15, 0.2) is 5.65 Å². The molecule has 80 valence electrons. The summed E-state index contributed by atoms with van der Waals surface area (Å²) in [4.78, 5) is 0. The van der Waals surface area contributed by atoms with Crippen molar-refractivity contribution in [2.24, 2.45) is 0 Å². The van der Waals surface area contributed by atoms with Crippen LogP contribution in [0.2, 0.25) is 0 Å². The monoisotopic (exact) mass is 203 g/mol. The highest BCUT2D eigenvalue weighted by Crippen LogP contribution is 2.20. The highest BCUT2D eigenvalue weighted by atomic mass is 15.3. The number of hydrogen-bond donors (Lipinski definition) is 0. The van der Waals surface area contributed by atoms with E-state index < -0.39 is 0 Å². The number of rotatable bonds is 2. The van der Waals surface area contributed by atoms with Crippen LogP contribution in [0, 0.1) is 0 Å². The molecule has 2 rings (SSSR count). The fourth-order valence-electron chi connectivity index (χ4n) is 1.81. The molecular weight excluding hydrogens is 186 g/mol. The molecule has 2 aromatic rings. The van der Waals surface area contributed by atoms with Crippen molar-refractivity contribution in [3.8, 4) is 0 Å². The van der Waals surface area contributed by atoms with E-state index in [0.717, 1.165) is 11.5 Å². The van der Waals surface area contributed by atoms with Gasteiger partial charge < -0.3 is 0 Å². The number of pyridine rings is 1. The fraction of sp³-hybridized carbons (Fsp3) is 0.500. The molecule has 0 bridgehead atoms. The fourth-order valence-corrected chi connectivity index (χ4v) is 1.81. The molecule has 0 radical (unpaired) electrons. The standard InChI is InChI=1S/C12H17N3/c1-8(2)10-6-5-7-11-13-14-12(9(3)4)15(10)11/h5-9H,1-4H3. The molecule has 3 heteroatoms. The molecule has 0 atom stereocenters. The Labute approximate surface area is 90.1 Å². The van der Waals surface area contributed by atoms with Crippen LogP contribution < -0.4 is 0 Å². The van der Waals surface area contributed by atoms with Gasteiger partial charge in [0.25, 0.3) is 0 Å². The molecule has 3 nitrogen and oxygen atoms in total. The van der Waals surface area contributed by atoms with E-state index in [4.69, 9.17) is 0 Å². The topological polar surface area (TPSA) is 30.2 Å². The minimum Gasteiger partial charge on any atom is -0.283 e. The van der Waals surface area contributed by atoms with E-state index in [1.807, 2.05) is 12.1 Å². The highest BCUT2D eigenvalue weighted by Gasteiger charge is 2.13. The maximum atomic E-state index is 4.25. The van der Waals surface area contributed by atoms with Crippen molar-refractivity contribution in [1.82, 2.24) is 14.6 Å². The molecule has 0 aliphatic rings. The summed E-state index contributed by atoms with van der Waals surface area (Å²) in [5.74, 6) is 1.94. The Morgan fingerprint density at radius 2 is 1.73 bits per heavy atom. The van der Waals surface area contributed by atoms with Gasteiger partial charge in [-0.3, -0.25) is 4.40 Å². The van der Waals surface area contributed by atoms with E-state index in [1.165, 1.54) is 5.69 Å². The van der Waals surface area contributed by atoms with Gasteiger partial charge in [0.2, 0.25) is 0 Å². The maximum absolute atomic E-state index is 4.25. The van der Waals surface area contributed by atoms with Crippen LogP contribution in [0.4, 0.5) is 0 Å². The molecule has 2 heterocycles. The van der Waals surface area contributed by atoms with E-state index in [1.54, 1.807) is 0 Å². The smallest absolute Gasteiger partial charge is 0.161 e. The van der Waals surface area contributed by atoms with Gasteiger partial charge in [-0.15, -0.1) is 10.2 Å². The number of aromatic nitrogens is 3. The average Bonchev–Trinajstić information content (AvgIpc) is 2.60. The molecule has 2 aromatic heterocycles. The Morgan fingerprint density at radius 3 is 2.33 bits per heavy atom. The van der Waals surface area contributed by atoms with Crippen molar-refractivity contribution in [1.29, 1.82) is 0 Å². The Kier molecular flexibility index (Phi) is 2.47. The van der Waals surface area contributed by atoms with Gasteiger partial charge in [0.05, 0.1) is 0 Å². The second kappa shape index (κ2) is 3.65. The Balaban J connectivity index is 2.75. The SMILES string of the molecule is CC(C)c1cccc2nnc(C(C)C)n12. The second-order valence-corrected chi connectivity index (χ2v) is 4.51. The lowest BCUT2D eigenvalue weighted by Gasteiger charge is -2.11. The van der Waals surface area contributed by atoms with Crippen molar-refractivity contribution < 1.29 is 0 Å². The lowest BCUT2D eigenvalue weighted by molar-refractivity contribution is 0.718. The maximum Gasteiger partial charge on any atom is 0.161 e. The Hall–Kier alpha value is -1.38. The van der Waals surface area contributed by atoms with Crippen LogP contribution in [0.3, 0.4) is 0 Å². The van der Waals surface area contributed by atoms with Crippen molar-refractivity contribution in [2.75, 3.05) is 0 Å². The first-order valence-corrected chi connectivity index (χ1v) is 5.45. The zero-order chi connectivity index (χ0) is 11.0. The summed E-state index contributed by atoms with van der Waals surface area (Å²) in [6.45, 7) is 8.68. The summed E-state index contributed by atoms with van der Waals surface area (Å²) in [7, 11) is 0. The lowest BCUT2D eigenvalue weighted by Crippen LogP contribution is -2.04. The molecule has 0 saturated carbocycles. The summed E-state index contributed by atoms with van der Waals surface area (Å²) in [6.07, 6.45) is 0. The molecule has 0 aromatic carbocycles. The largest absolute Gasteiger partial charge is 0.283 e. The third kappa shape index (κ3) is 1.62. The molecular formula is C12H17N3. The number of fused-ring (bicyclic) bond motifs is 1. The first-order chi connectivity index (χ1) is 7.11. The summed E-state index contributed by atoms with van der Waals surface area (Å²) in [5, 5.41) is 8.45. The lowest BCUT2D eigenvalue weighted by atomic mass is 10.1. The van der Waals surface area contributed by atoms with Crippen LogP contribution in [0.5, 0.6) is 0 Å². The van der Waals surface area contributed by atoms with E-state index in [0.29, 0.717) is 11.8 Å². The van der Waals surface area contributed by atoms with E-state index >= 15 is 0 Å². The summed E-state index contributed by atoms with van der Waals surface area (Å²) in [6, 6.07) is 6.20. The third-order valence-corrected chi connectivity index (χ3v) is 2.59. The van der Waals surface area contributed by atoms with E-state index in [2.05, 4.69) is 48.4 Å². The molecule has 0 N–H and O–H groups in total. The van der Waals surface area contributed by atoms with Gasteiger partial charge in [-0.05, 0) is 18.1 Å². The first kappa shape index (κ1) is 10.1. The first-order valence-electron chi connectivity index (χ1n) is 5.45. The molecule has 0 spiro atoms. The normalized spacial score (nSPS) is 11.9. The van der Waals surface area contributed by atoms with Crippen LogP contribution in [0.15, 0.2) is 18.2 Å². The van der Waals surface area contributed by atoms with Crippen LogP contribution in [0.1, 0.15) is 51.0 Å². The minimum absolute atomic E-state index is 0.403. The van der Waals surface area contributed by atoms with Crippen LogP contribution in [0.25, 0.3) is 5.65 Å². The molecule has 0 amide bonds. The van der Waals surface area contributed by atoms with Gasteiger partial charge in [0, 0.05) is 11.6 Å². The van der Waals surface area contributed by atoms with E-state index in [9.17, 15) is 0 Å². The molecule has 0 unspecified atom stereocenters. The quantitative estimate of drug-likeness (QED) is 0.751. The van der Waals surface area contributed by atoms with Gasteiger partial charge in [0.1, 0.15) is 5.82 Å². The molecule has 0 saturated heterocycles. The van der Waals surface area contributed by atoms with Gasteiger partial charge in [-0.25, -0.2) is 0 Å². The molecule has 0 aliphatic carbocycles. The number of nitrogens with zero attached hydrogens (tertiary/aromatic N) is 3. The zero-order valence-electron chi connectivity index (χ0n) is 9.73. The van der Waals surface area contributed by atoms with E-state index in [-0.39, 0.29) is 0 Å². The van der Waals surface area contributed by atoms with Crippen LogP contribution in [-0.2, 0) is 0 Å². The zero-order valence-corrected chi connectivity index (χ0v) is 9.73. The molecule has 15 heavy (non-hydrogen) atoms. The Bertz CT molecular complexity index is 469. The van der Waals surface area contributed by atoms with Gasteiger partial charge in [-0.2, -0.15) is 0 Å². The van der Waals surface area contributed by atoms with Crippen molar-refractivity contribution >= 4 is 5.65 Å². The minimum atomic E-state index is 0.403. The van der Waals surface area contributed by atoms with Crippen molar-refractivity contribution in [3.63, 3.8) is 0 Å². The Morgan fingerprint density at radius 1 is 1.00 bits per heavy atom. The average molecular weight is 203 g/mol. The van der Waals surface area contributed by atoms with Crippen LogP contribution >= 0.6 is 0 Å². The van der Waals surface area contributed by atoms with Crippen molar-refractivity contribution in [3.05, 3.63) is 29.7 Å². The molecule has 0 fully saturated rings. The predicted octanol–water partition coefficient (Wildman–Crippen LogP) is 2.98. The van der Waals surface area contributed by atoms with Crippen LogP contribution in [-0.4, -0.2) is 14.6 Å². The van der Waals surface area contributed by atoms with Gasteiger partial charge >= 0.3 is 0 Å². The summed E-state index contributed by atoms with van der Waals surface area (Å²) in [5.41, 5.74) is 2.23. The van der Waals surface area contributed by atoms with Gasteiger partial charge in [-0.1, -0.05) is 33.8 Å².